The summed E-state index contributed by atoms with van der Waals surface area (Å²) in [5.41, 5.74) is 10.6. The van der Waals surface area contributed by atoms with Crippen molar-refractivity contribution in [3.63, 3.8) is 0 Å². The van der Waals surface area contributed by atoms with E-state index < -0.39 is 0 Å². The molecule has 0 spiro atoms. The quantitative estimate of drug-likeness (QED) is 0.791. The van der Waals surface area contributed by atoms with E-state index in [2.05, 4.69) is 4.98 Å². The normalized spacial score (nSPS) is 17.8. The van der Waals surface area contributed by atoms with E-state index >= 15 is 0 Å². The van der Waals surface area contributed by atoms with Gasteiger partial charge in [0.05, 0.1) is 27.1 Å². The van der Waals surface area contributed by atoms with Gasteiger partial charge in [0, 0.05) is 19.1 Å². The first-order valence-electron chi connectivity index (χ1n) is 8.02. The van der Waals surface area contributed by atoms with Crippen LogP contribution >= 0.6 is 11.3 Å². The highest BCUT2D eigenvalue weighted by Gasteiger charge is 2.25. The number of thiazole rings is 1. The molecular formula is C17H19N5OS. The fourth-order valence-corrected chi connectivity index (χ4v) is 3.98. The molecule has 3 heterocycles. The molecule has 0 radical (unpaired) electrons. The number of imidazole rings is 1. The number of carbonyl (C=O) groups excluding carboxylic acids is 1. The number of hydrogen-bond acceptors (Lipinski definition) is 5. The summed E-state index contributed by atoms with van der Waals surface area (Å²) in [6, 6.07) is 8.01. The minimum atomic E-state index is 0.0921. The lowest BCUT2D eigenvalue weighted by molar-refractivity contribution is -0.130. The molecule has 1 saturated heterocycles. The van der Waals surface area contributed by atoms with Gasteiger partial charge in [-0.3, -0.25) is 4.79 Å². The summed E-state index contributed by atoms with van der Waals surface area (Å²) >= 11 is 1.55. The number of benzene rings is 1. The third-order valence-corrected chi connectivity index (χ3v) is 5.40. The van der Waals surface area contributed by atoms with Gasteiger partial charge in [0.1, 0.15) is 6.54 Å². The van der Waals surface area contributed by atoms with Crippen molar-refractivity contribution < 1.29 is 4.79 Å². The summed E-state index contributed by atoms with van der Waals surface area (Å²) in [5, 5.41) is 0. The molecule has 24 heavy (non-hydrogen) atoms. The van der Waals surface area contributed by atoms with Gasteiger partial charge < -0.3 is 15.2 Å². The summed E-state index contributed by atoms with van der Waals surface area (Å²) in [6.07, 6.45) is 0.872. The molecule has 0 bridgehead atoms. The summed E-state index contributed by atoms with van der Waals surface area (Å²) < 4.78 is 2.00. The van der Waals surface area contributed by atoms with E-state index in [9.17, 15) is 4.79 Å². The monoisotopic (exact) mass is 341 g/mol. The standard InChI is InChI=1S/C17H19N5OS/c1-11-16(24-10-19-11)17-20-13-4-2-3-5-14(13)22(17)9-15(23)21-7-6-12(18)8-21/h2-5,10,12H,6-9,18H2,1H3. The lowest BCUT2D eigenvalue weighted by atomic mass is 10.3. The van der Waals surface area contributed by atoms with Crippen LogP contribution in [0.1, 0.15) is 12.1 Å². The molecule has 0 aliphatic carbocycles. The number of nitrogens with two attached hydrogens (primary N) is 1. The Morgan fingerprint density at radius 1 is 1.42 bits per heavy atom. The van der Waals surface area contributed by atoms with Crippen LogP contribution in [0, 0.1) is 6.92 Å². The molecular weight excluding hydrogens is 322 g/mol. The lowest BCUT2D eigenvalue weighted by Gasteiger charge is -2.17. The molecule has 1 aromatic carbocycles. The summed E-state index contributed by atoms with van der Waals surface area (Å²) in [6.45, 7) is 3.62. The highest BCUT2D eigenvalue weighted by Crippen LogP contribution is 2.30. The Morgan fingerprint density at radius 2 is 2.25 bits per heavy atom. The molecule has 1 atom stereocenters. The number of aryl methyl sites for hydroxylation is 1. The van der Waals surface area contributed by atoms with Crippen LogP contribution in [-0.4, -0.2) is 44.5 Å². The van der Waals surface area contributed by atoms with Gasteiger partial charge in [-0.25, -0.2) is 9.97 Å². The summed E-state index contributed by atoms with van der Waals surface area (Å²) in [7, 11) is 0. The average molecular weight is 341 g/mol. The Kier molecular flexibility index (Phi) is 3.82. The Hall–Kier alpha value is -2.25. The maximum absolute atomic E-state index is 12.7. The molecule has 124 valence electrons. The van der Waals surface area contributed by atoms with E-state index in [4.69, 9.17) is 10.7 Å². The zero-order valence-corrected chi connectivity index (χ0v) is 14.3. The predicted octanol–water partition coefficient (Wildman–Crippen LogP) is 2.03. The topological polar surface area (TPSA) is 77.0 Å². The lowest BCUT2D eigenvalue weighted by Crippen LogP contribution is -2.34. The highest BCUT2D eigenvalue weighted by molar-refractivity contribution is 7.13. The average Bonchev–Trinajstić information content (AvgIpc) is 3.27. The second-order valence-electron chi connectivity index (χ2n) is 6.17. The number of amides is 1. The Morgan fingerprint density at radius 3 is 2.96 bits per heavy atom. The number of para-hydroxylation sites is 2. The van der Waals surface area contributed by atoms with Crippen LogP contribution in [0.5, 0.6) is 0 Å². The van der Waals surface area contributed by atoms with Crippen molar-refractivity contribution in [1.29, 1.82) is 0 Å². The number of fused-ring (bicyclic) bond motifs is 1. The molecule has 1 aliphatic heterocycles. The molecule has 7 heteroatoms. The van der Waals surface area contributed by atoms with Crippen molar-refractivity contribution in [3.8, 4) is 10.7 Å². The molecule has 1 amide bonds. The fraction of sp³-hybridized carbons (Fsp3) is 0.353. The van der Waals surface area contributed by atoms with Gasteiger partial charge in [0.15, 0.2) is 5.82 Å². The molecule has 2 aromatic heterocycles. The van der Waals surface area contributed by atoms with Crippen LogP contribution in [0.25, 0.3) is 21.7 Å². The maximum atomic E-state index is 12.7. The Balaban J connectivity index is 1.76. The second-order valence-corrected chi connectivity index (χ2v) is 7.02. The zero-order chi connectivity index (χ0) is 16.7. The molecule has 2 N–H and O–H groups in total. The van der Waals surface area contributed by atoms with Gasteiger partial charge in [-0.2, -0.15) is 0 Å². The van der Waals surface area contributed by atoms with Crippen molar-refractivity contribution in [2.24, 2.45) is 5.73 Å². The highest BCUT2D eigenvalue weighted by atomic mass is 32.1. The number of hydrogen-bond donors (Lipinski definition) is 1. The van der Waals surface area contributed by atoms with E-state index in [0.29, 0.717) is 6.54 Å². The smallest absolute Gasteiger partial charge is 0.242 e. The van der Waals surface area contributed by atoms with Gasteiger partial charge >= 0.3 is 0 Å². The van der Waals surface area contributed by atoms with Gasteiger partial charge in [-0.15, -0.1) is 11.3 Å². The fourth-order valence-electron chi connectivity index (χ4n) is 3.17. The number of nitrogens with zero attached hydrogens (tertiary/aromatic N) is 4. The first kappa shape index (κ1) is 15.3. The van der Waals surface area contributed by atoms with E-state index in [1.165, 1.54) is 0 Å². The van der Waals surface area contributed by atoms with E-state index in [0.717, 1.165) is 40.4 Å². The van der Waals surface area contributed by atoms with Crippen molar-refractivity contribution >= 4 is 28.3 Å². The first-order valence-corrected chi connectivity index (χ1v) is 8.90. The predicted molar refractivity (Wildman–Crippen MR) is 94.8 cm³/mol. The molecule has 1 aliphatic rings. The minimum absolute atomic E-state index is 0.0921. The van der Waals surface area contributed by atoms with Crippen LogP contribution < -0.4 is 5.73 Å². The van der Waals surface area contributed by atoms with Crippen molar-refractivity contribution in [3.05, 3.63) is 35.5 Å². The van der Waals surface area contributed by atoms with Crippen LogP contribution in [0.2, 0.25) is 0 Å². The second kappa shape index (κ2) is 5.99. The van der Waals surface area contributed by atoms with Gasteiger partial charge in [-0.1, -0.05) is 12.1 Å². The Labute approximate surface area is 143 Å². The molecule has 3 aromatic rings. The largest absolute Gasteiger partial charge is 0.340 e. The third-order valence-electron chi connectivity index (χ3n) is 4.47. The minimum Gasteiger partial charge on any atom is -0.340 e. The Bertz CT molecular complexity index is 899. The molecule has 1 unspecified atom stereocenters. The van der Waals surface area contributed by atoms with Gasteiger partial charge in [0.25, 0.3) is 0 Å². The molecule has 1 fully saturated rings. The molecule has 6 nitrogen and oxygen atoms in total. The van der Waals surface area contributed by atoms with Gasteiger partial charge in [0.2, 0.25) is 5.91 Å². The number of likely N-dealkylation sites (tertiary alicyclic amines) is 1. The summed E-state index contributed by atoms with van der Waals surface area (Å²) in [4.78, 5) is 24.7. The number of aromatic nitrogens is 3. The van der Waals surface area contributed by atoms with Crippen LogP contribution in [0.4, 0.5) is 0 Å². The van der Waals surface area contributed by atoms with Crippen LogP contribution in [0.15, 0.2) is 29.8 Å². The van der Waals surface area contributed by atoms with E-state index in [1.807, 2.05) is 46.2 Å². The zero-order valence-electron chi connectivity index (χ0n) is 13.5. The van der Waals surface area contributed by atoms with Crippen LogP contribution in [0.3, 0.4) is 0 Å². The number of carbonyl (C=O) groups is 1. The summed E-state index contributed by atoms with van der Waals surface area (Å²) in [5.74, 6) is 0.905. The van der Waals surface area contributed by atoms with Crippen molar-refractivity contribution in [1.82, 2.24) is 19.4 Å². The first-order chi connectivity index (χ1) is 11.6. The van der Waals surface area contributed by atoms with Crippen molar-refractivity contribution in [2.75, 3.05) is 13.1 Å². The third kappa shape index (κ3) is 2.59. The molecule has 4 rings (SSSR count). The number of rotatable bonds is 3. The molecule has 0 saturated carbocycles. The van der Waals surface area contributed by atoms with Crippen LogP contribution in [-0.2, 0) is 11.3 Å². The van der Waals surface area contributed by atoms with Gasteiger partial charge in [-0.05, 0) is 25.5 Å². The SMILES string of the molecule is Cc1ncsc1-c1nc2ccccc2n1CC(=O)N1CCC(N)C1. The van der Waals surface area contributed by atoms with Crippen molar-refractivity contribution in [2.45, 2.75) is 25.9 Å². The van der Waals surface area contributed by atoms with E-state index in [1.54, 1.807) is 11.3 Å². The van der Waals surface area contributed by atoms with E-state index in [-0.39, 0.29) is 18.5 Å². The maximum Gasteiger partial charge on any atom is 0.242 e.